The molecule has 1 aliphatic carbocycles. The van der Waals surface area contributed by atoms with E-state index in [-0.39, 0.29) is 37.5 Å². The Morgan fingerprint density at radius 1 is 0.957 bits per heavy atom. The molecule has 138 valence electrons. The lowest BCUT2D eigenvalue weighted by Gasteiger charge is -2.50. The third-order valence-electron chi connectivity index (χ3n) is 5.41. The monoisotopic (exact) mass is 346 g/mol. The molecule has 3 atom stereocenters. The first-order valence-corrected chi connectivity index (χ1v) is 8.51. The van der Waals surface area contributed by atoms with Crippen molar-refractivity contribution in [3.8, 4) is 0 Å². The lowest BCUT2D eigenvalue weighted by molar-refractivity contribution is -0.381. The fourth-order valence-electron chi connectivity index (χ4n) is 4.51. The fourth-order valence-corrected chi connectivity index (χ4v) is 4.51. The third kappa shape index (κ3) is 3.98. The average Bonchev–Trinajstić information content (AvgIpc) is 2.34. The lowest BCUT2D eigenvalue weighted by Crippen LogP contribution is -2.60. The maximum absolute atomic E-state index is 14.0. The molecular formula is C17H28F6. The molecule has 0 aromatic heterocycles. The van der Waals surface area contributed by atoms with Crippen molar-refractivity contribution in [2.24, 2.45) is 29.1 Å². The first kappa shape index (κ1) is 20.6. The van der Waals surface area contributed by atoms with E-state index in [1.165, 1.54) is 6.92 Å². The second kappa shape index (κ2) is 7.22. The van der Waals surface area contributed by atoms with Crippen molar-refractivity contribution in [3.63, 3.8) is 0 Å². The molecule has 0 nitrogen and oxygen atoms in total. The predicted octanol–water partition coefficient (Wildman–Crippen LogP) is 7.00. The molecule has 6 heteroatoms. The van der Waals surface area contributed by atoms with Crippen LogP contribution in [0.2, 0.25) is 0 Å². The molecule has 1 saturated carbocycles. The van der Waals surface area contributed by atoms with E-state index >= 15 is 0 Å². The Kier molecular flexibility index (Phi) is 6.47. The van der Waals surface area contributed by atoms with Crippen LogP contribution in [0, 0.1) is 29.1 Å². The third-order valence-corrected chi connectivity index (χ3v) is 5.41. The van der Waals surface area contributed by atoms with Crippen LogP contribution in [-0.2, 0) is 0 Å². The first-order valence-electron chi connectivity index (χ1n) is 8.51. The molecule has 0 aromatic carbocycles. The van der Waals surface area contributed by atoms with E-state index in [0.717, 1.165) is 0 Å². The maximum Gasteiger partial charge on any atom is 0.403 e. The van der Waals surface area contributed by atoms with Crippen molar-refractivity contribution in [1.29, 1.82) is 0 Å². The standard InChI is InChI=1S/C17H28F6/c1-5-13(9-11(2)3)15(16(18,19)20,17(21,22)23)14-8-6-7-12(4)10-14/h11-14H,5-10H2,1-4H3. The van der Waals surface area contributed by atoms with Crippen molar-refractivity contribution in [3.05, 3.63) is 0 Å². The van der Waals surface area contributed by atoms with Gasteiger partial charge in [-0.15, -0.1) is 0 Å². The van der Waals surface area contributed by atoms with E-state index in [2.05, 4.69) is 0 Å². The van der Waals surface area contributed by atoms with Gasteiger partial charge < -0.3 is 0 Å². The van der Waals surface area contributed by atoms with Crippen LogP contribution in [0.5, 0.6) is 0 Å². The Morgan fingerprint density at radius 2 is 1.48 bits per heavy atom. The molecule has 0 N–H and O–H groups in total. The van der Waals surface area contributed by atoms with Crippen LogP contribution in [0.25, 0.3) is 0 Å². The van der Waals surface area contributed by atoms with Gasteiger partial charge in [0.1, 0.15) is 0 Å². The van der Waals surface area contributed by atoms with Crippen molar-refractivity contribution in [1.82, 2.24) is 0 Å². The van der Waals surface area contributed by atoms with E-state index in [4.69, 9.17) is 0 Å². The largest absolute Gasteiger partial charge is 0.403 e. The van der Waals surface area contributed by atoms with Crippen LogP contribution in [0.3, 0.4) is 0 Å². The molecule has 0 spiro atoms. The van der Waals surface area contributed by atoms with Crippen molar-refractivity contribution < 1.29 is 26.3 Å². The van der Waals surface area contributed by atoms with Crippen molar-refractivity contribution >= 4 is 0 Å². The summed E-state index contributed by atoms with van der Waals surface area (Å²) in [7, 11) is 0. The first-order chi connectivity index (χ1) is 10.4. The highest BCUT2D eigenvalue weighted by atomic mass is 19.4. The Balaban J connectivity index is 3.47. The Bertz CT molecular complexity index is 348. The summed E-state index contributed by atoms with van der Waals surface area (Å²) in [5.74, 6) is -3.08. The minimum Gasteiger partial charge on any atom is -0.170 e. The van der Waals surface area contributed by atoms with Gasteiger partial charge in [0.2, 0.25) is 0 Å². The predicted molar refractivity (Wildman–Crippen MR) is 78.9 cm³/mol. The van der Waals surface area contributed by atoms with Gasteiger partial charge in [0.05, 0.1) is 0 Å². The zero-order valence-electron chi connectivity index (χ0n) is 14.3. The van der Waals surface area contributed by atoms with E-state index in [9.17, 15) is 26.3 Å². The molecule has 0 aromatic rings. The summed E-state index contributed by atoms with van der Waals surface area (Å²) in [6.45, 7) is 6.58. The molecule has 1 fully saturated rings. The molecule has 0 heterocycles. The van der Waals surface area contributed by atoms with Crippen LogP contribution < -0.4 is 0 Å². The summed E-state index contributed by atoms with van der Waals surface area (Å²) in [4.78, 5) is 0. The Morgan fingerprint density at radius 3 is 1.83 bits per heavy atom. The quantitative estimate of drug-likeness (QED) is 0.470. The van der Waals surface area contributed by atoms with Gasteiger partial charge in [-0.25, -0.2) is 0 Å². The summed E-state index contributed by atoms with van der Waals surface area (Å²) in [6.07, 6.45) is -9.54. The highest BCUT2D eigenvalue weighted by molar-refractivity contribution is 5.03. The van der Waals surface area contributed by atoms with Crippen molar-refractivity contribution in [2.75, 3.05) is 0 Å². The molecule has 1 aliphatic rings. The molecule has 0 aliphatic heterocycles. The van der Waals surface area contributed by atoms with Crippen LogP contribution in [0.1, 0.15) is 66.2 Å². The van der Waals surface area contributed by atoms with Gasteiger partial charge in [0.15, 0.2) is 5.41 Å². The van der Waals surface area contributed by atoms with Crippen LogP contribution >= 0.6 is 0 Å². The summed E-state index contributed by atoms with van der Waals surface area (Å²) >= 11 is 0. The van der Waals surface area contributed by atoms with E-state index < -0.39 is 29.6 Å². The zero-order chi connectivity index (χ0) is 18.1. The fraction of sp³-hybridized carbons (Fsp3) is 1.00. The van der Waals surface area contributed by atoms with E-state index in [0.29, 0.717) is 12.8 Å². The number of hydrogen-bond acceptors (Lipinski definition) is 0. The minimum absolute atomic E-state index is 0.00755. The molecule has 0 bridgehead atoms. The highest BCUT2D eigenvalue weighted by Gasteiger charge is 2.75. The number of halogens is 6. The highest BCUT2D eigenvalue weighted by Crippen LogP contribution is 2.64. The summed E-state index contributed by atoms with van der Waals surface area (Å²) < 4.78 is 83.7. The van der Waals surface area contributed by atoms with E-state index in [1.807, 2.05) is 0 Å². The second-order valence-corrected chi connectivity index (χ2v) is 7.57. The zero-order valence-corrected chi connectivity index (χ0v) is 14.3. The molecular weight excluding hydrogens is 318 g/mol. The minimum atomic E-state index is -5.28. The van der Waals surface area contributed by atoms with E-state index in [1.54, 1.807) is 20.8 Å². The maximum atomic E-state index is 14.0. The van der Waals surface area contributed by atoms with Gasteiger partial charge in [0, 0.05) is 0 Å². The Labute approximate surface area is 135 Å². The molecule has 1 rings (SSSR count). The molecule has 0 saturated heterocycles. The van der Waals surface area contributed by atoms with Crippen LogP contribution in [0.15, 0.2) is 0 Å². The summed E-state index contributed by atoms with van der Waals surface area (Å²) in [5, 5.41) is 0. The molecule has 0 radical (unpaired) electrons. The molecule has 0 amide bonds. The van der Waals surface area contributed by atoms with Gasteiger partial charge in [0.25, 0.3) is 0 Å². The molecule has 23 heavy (non-hydrogen) atoms. The smallest absolute Gasteiger partial charge is 0.170 e. The van der Waals surface area contributed by atoms with Gasteiger partial charge in [-0.1, -0.05) is 47.0 Å². The normalized spacial score (nSPS) is 25.7. The number of hydrogen-bond donors (Lipinski definition) is 0. The average molecular weight is 346 g/mol. The molecule has 3 unspecified atom stereocenters. The SMILES string of the molecule is CCC(CC(C)C)C(C1CCCC(C)C1)(C(F)(F)F)C(F)(F)F. The van der Waals surface area contributed by atoms with Crippen LogP contribution in [0.4, 0.5) is 26.3 Å². The number of alkyl halides is 6. The van der Waals surface area contributed by atoms with Crippen molar-refractivity contribution in [2.45, 2.75) is 78.6 Å². The van der Waals surface area contributed by atoms with Gasteiger partial charge in [-0.3, -0.25) is 0 Å². The second-order valence-electron chi connectivity index (χ2n) is 7.57. The summed E-state index contributed by atoms with van der Waals surface area (Å²) in [5.41, 5.74) is -3.58. The van der Waals surface area contributed by atoms with Crippen LogP contribution in [-0.4, -0.2) is 12.4 Å². The van der Waals surface area contributed by atoms with Gasteiger partial charge in [-0.05, 0) is 42.9 Å². The van der Waals surface area contributed by atoms with Gasteiger partial charge in [-0.2, -0.15) is 26.3 Å². The number of rotatable bonds is 5. The lowest BCUT2D eigenvalue weighted by atomic mass is 9.57. The van der Waals surface area contributed by atoms with Gasteiger partial charge >= 0.3 is 12.4 Å². The Hall–Kier alpha value is -0.420. The summed E-state index contributed by atoms with van der Waals surface area (Å²) in [6, 6.07) is 0. The topological polar surface area (TPSA) is 0 Å².